The first-order valence-electron chi connectivity index (χ1n) is 4.20. The van der Waals surface area contributed by atoms with Gasteiger partial charge in [-0.05, 0) is 19.1 Å². The fourth-order valence-corrected chi connectivity index (χ4v) is 1.43. The number of nitrogens with zero attached hydrogens (tertiary/aromatic N) is 1. The quantitative estimate of drug-likeness (QED) is 0.590. The minimum atomic E-state index is 0.0632. The molecule has 0 bridgehead atoms. The summed E-state index contributed by atoms with van der Waals surface area (Å²) >= 11 is 4.37. The van der Waals surface area contributed by atoms with E-state index in [0.29, 0.717) is 0 Å². The largest absolute Gasteiger partial charge is 0.362 e. The maximum atomic E-state index is 5.21. The van der Waals surface area contributed by atoms with E-state index in [2.05, 4.69) is 12.6 Å². The van der Waals surface area contributed by atoms with Gasteiger partial charge in [-0.15, -0.1) is 12.6 Å². The van der Waals surface area contributed by atoms with Crippen molar-refractivity contribution in [1.82, 2.24) is 0 Å². The van der Waals surface area contributed by atoms with Gasteiger partial charge in [-0.3, -0.25) is 0 Å². The Balaban J connectivity index is 2.88. The lowest BCUT2D eigenvalue weighted by Gasteiger charge is -2.26. The molecule has 0 spiro atoms. The van der Waals surface area contributed by atoms with Crippen molar-refractivity contribution >= 4 is 18.3 Å². The van der Waals surface area contributed by atoms with Crippen LogP contribution in [0.2, 0.25) is 0 Å². The van der Waals surface area contributed by atoms with Crippen molar-refractivity contribution in [2.24, 2.45) is 0 Å². The molecule has 0 aliphatic carbocycles. The molecule has 0 amide bonds. The van der Waals surface area contributed by atoms with Crippen LogP contribution in [0.15, 0.2) is 29.2 Å². The predicted octanol–water partition coefficient (Wildman–Crippen LogP) is 2.40. The molecule has 0 heterocycles. The normalized spacial score (nSPS) is 12.6. The van der Waals surface area contributed by atoms with Crippen molar-refractivity contribution in [3.05, 3.63) is 24.3 Å². The fourth-order valence-electron chi connectivity index (χ4n) is 1.12. The van der Waals surface area contributed by atoms with E-state index >= 15 is 0 Å². The van der Waals surface area contributed by atoms with E-state index in [1.54, 1.807) is 7.11 Å². The molecule has 72 valence electrons. The van der Waals surface area contributed by atoms with E-state index in [1.807, 2.05) is 43.1 Å². The molecule has 0 saturated heterocycles. The van der Waals surface area contributed by atoms with Crippen LogP contribution in [-0.4, -0.2) is 20.4 Å². The van der Waals surface area contributed by atoms with Gasteiger partial charge in [-0.2, -0.15) is 0 Å². The van der Waals surface area contributed by atoms with Crippen molar-refractivity contribution in [3.63, 3.8) is 0 Å². The molecule has 2 nitrogen and oxygen atoms in total. The Bertz CT molecular complexity index is 277. The van der Waals surface area contributed by atoms with Crippen molar-refractivity contribution < 1.29 is 4.74 Å². The number of benzene rings is 1. The molecule has 1 aromatic carbocycles. The number of methoxy groups -OCH3 is 1. The molecule has 0 aliphatic rings. The van der Waals surface area contributed by atoms with Crippen molar-refractivity contribution in [1.29, 1.82) is 0 Å². The topological polar surface area (TPSA) is 12.5 Å². The maximum absolute atomic E-state index is 5.21. The Labute approximate surface area is 84.9 Å². The van der Waals surface area contributed by atoms with Gasteiger partial charge in [0.25, 0.3) is 0 Å². The molecule has 0 aromatic heterocycles. The number of thiol groups is 1. The second-order valence-electron chi connectivity index (χ2n) is 2.93. The van der Waals surface area contributed by atoms with E-state index in [9.17, 15) is 0 Å². The van der Waals surface area contributed by atoms with Crippen molar-refractivity contribution in [2.75, 3.05) is 19.1 Å². The Morgan fingerprint density at radius 3 is 2.54 bits per heavy atom. The van der Waals surface area contributed by atoms with E-state index in [-0.39, 0.29) is 6.23 Å². The monoisotopic (exact) mass is 197 g/mol. The van der Waals surface area contributed by atoms with Gasteiger partial charge in [0.2, 0.25) is 0 Å². The predicted molar refractivity (Wildman–Crippen MR) is 58.6 cm³/mol. The summed E-state index contributed by atoms with van der Waals surface area (Å²) < 4.78 is 5.21. The second kappa shape index (κ2) is 4.53. The van der Waals surface area contributed by atoms with Crippen LogP contribution in [0, 0.1) is 0 Å². The highest BCUT2D eigenvalue weighted by molar-refractivity contribution is 7.80. The fraction of sp³-hybridized carbons (Fsp3) is 0.400. The lowest BCUT2D eigenvalue weighted by atomic mass is 10.3. The zero-order valence-corrected chi connectivity index (χ0v) is 9.08. The Hall–Kier alpha value is -0.670. The molecule has 0 saturated carbocycles. The average molecular weight is 197 g/mol. The molecule has 1 aromatic rings. The van der Waals surface area contributed by atoms with Gasteiger partial charge in [-0.25, -0.2) is 0 Å². The van der Waals surface area contributed by atoms with Crippen LogP contribution in [-0.2, 0) is 4.74 Å². The molecule has 0 radical (unpaired) electrons. The van der Waals surface area contributed by atoms with Gasteiger partial charge in [0.1, 0.15) is 6.23 Å². The Kier molecular flexibility index (Phi) is 3.63. The van der Waals surface area contributed by atoms with E-state index < -0.39 is 0 Å². The number of hydrogen-bond donors (Lipinski definition) is 1. The van der Waals surface area contributed by atoms with Crippen LogP contribution in [0.4, 0.5) is 5.69 Å². The van der Waals surface area contributed by atoms with Crippen LogP contribution in [0.3, 0.4) is 0 Å². The SMILES string of the molecule is COC(C)N(C)c1ccccc1S. The number of hydrogen-bond acceptors (Lipinski definition) is 3. The number of rotatable bonds is 3. The lowest BCUT2D eigenvalue weighted by Crippen LogP contribution is -2.30. The molecule has 3 heteroatoms. The first kappa shape index (κ1) is 10.4. The Morgan fingerprint density at radius 1 is 1.38 bits per heavy atom. The summed E-state index contributed by atoms with van der Waals surface area (Å²) in [5.41, 5.74) is 1.08. The molecule has 1 atom stereocenters. The van der Waals surface area contributed by atoms with Crippen LogP contribution in [0.5, 0.6) is 0 Å². The standard InChI is InChI=1S/C10H15NOS/c1-8(12-3)11(2)9-6-4-5-7-10(9)13/h4-8,13H,1-3H3. The van der Waals surface area contributed by atoms with Gasteiger partial charge < -0.3 is 9.64 Å². The van der Waals surface area contributed by atoms with Crippen molar-refractivity contribution in [2.45, 2.75) is 18.0 Å². The molecule has 13 heavy (non-hydrogen) atoms. The van der Waals surface area contributed by atoms with E-state index in [1.165, 1.54) is 0 Å². The molecule has 1 rings (SSSR count). The number of anilines is 1. The van der Waals surface area contributed by atoms with Gasteiger partial charge in [-0.1, -0.05) is 12.1 Å². The molecule has 1 unspecified atom stereocenters. The summed E-state index contributed by atoms with van der Waals surface area (Å²) in [6, 6.07) is 7.96. The second-order valence-corrected chi connectivity index (χ2v) is 3.42. The molecule has 0 aliphatic heterocycles. The van der Waals surface area contributed by atoms with Gasteiger partial charge in [0.15, 0.2) is 0 Å². The molecular weight excluding hydrogens is 182 g/mol. The highest BCUT2D eigenvalue weighted by atomic mass is 32.1. The Morgan fingerprint density at radius 2 is 2.00 bits per heavy atom. The molecule has 0 N–H and O–H groups in total. The summed E-state index contributed by atoms with van der Waals surface area (Å²) in [5.74, 6) is 0. The van der Waals surface area contributed by atoms with E-state index in [4.69, 9.17) is 4.74 Å². The van der Waals surface area contributed by atoms with Gasteiger partial charge in [0, 0.05) is 19.1 Å². The smallest absolute Gasteiger partial charge is 0.126 e. The first-order chi connectivity index (χ1) is 6.16. The van der Waals surface area contributed by atoms with Gasteiger partial charge in [0.05, 0.1) is 5.69 Å². The summed E-state index contributed by atoms with van der Waals surface area (Å²) in [5, 5.41) is 0. The van der Waals surface area contributed by atoms with Crippen molar-refractivity contribution in [3.8, 4) is 0 Å². The summed E-state index contributed by atoms with van der Waals surface area (Å²) in [4.78, 5) is 3.01. The van der Waals surface area contributed by atoms with Crippen LogP contribution >= 0.6 is 12.6 Å². The van der Waals surface area contributed by atoms with E-state index in [0.717, 1.165) is 10.6 Å². The third-order valence-electron chi connectivity index (χ3n) is 2.15. The average Bonchev–Trinajstić information content (AvgIpc) is 2.16. The molecular formula is C10H15NOS. The third kappa shape index (κ3) is 2.39. The summed E-state index contributed by atoms with van der Waals surface area (Å²) in [6.45, 7) is 2.00. The zero-order valence-electron chi connectivity index (χ0n) is 8.19. The maximum Gasteiger partial charge on any atom is 0.126 e. The van der Waals surface area contributed by atoms with Crippen LogP contribution < -0.4 is 4.90 Å². The highest BCUT2D eigenvalue weighted by Crippen LogP contribution is 2.23. The van der Waals surface area contributed by atoms with Crippen LogP contribution in [0.1, 0.15) is 6.92 Å². The number of ether oxygens (including phenoxy) is 1. The third-order valence-corrected chi connectivity index (χ3v) is 2.53. The first-order valence-corrected chi connectivity index (χ1v) is 4.65. The highest BCUT2D eigenvalue weighted by Gasteiger charge is 2.09. The van der Waals surface area contributed by atoms with Gasteiger partial charge >= 0.3 is 0 Å². The van der Waals surface area contributed by atoms with Crippen LogP contribution in [0.25, 0.3) is 0 Å². The summed E-state index contributed by atoms with van der Waals surface area (Å²) in [7, 11) is 3.69. The zero-order chi connectivity index (χ0) is 9.84. The molecule has 0 fully saturated rings. The number of para-hydroxylation sites is 1. The summed E-state index contributed by atoms with van der Waals surface area (Å²) in [6.07, 6.45) is 0.0632. The minimum absolute atomic E-state index is 0.0632. The minimum Gasteiger partial charge on any atom is -0.362 e. The lowest BCUT2D eigenvalue weighted by molar-refractivity contribution is 0.118.